The average Bonchev–Trinajstić information content (AvgIpc) is 2.91. The molecule has 0 radical (unpaired) electrons. The summed E-state index contributed by atoms with van der Waals surface area (Å²) in [6, 6.07) is 12.1. The van der Waals surface area contributed by atoms with E-state index in [1.807, 2.05) is 0 Å². The topological polar surface area (TPSA) is 117 Å². The van der Waals surface area contributed by atoms with E-state index in [0.29, 0.717) is 22.0 Å². The Kier molecular flexibility index (Phi) is 5.22. The van der Waals surface area contributed by atoms with Crippen LogP contribution < -0.4 is 20.8 Å². The molecule has 9 nitrogen and oxygen atoms in total. The van der Waals surface area contributed by atoms with Gasteiger partial charge in [-0.05, 0) is 42.8 Å². The summed E-state index contributed by atoms with van der Waals surface area (Å²) in [6.07, 6.45) is 0. The number of methoxy groups -OCH3 is 1. The highest BCUT2D eigenvalue weighted by Gasteiger charge is 2.50. The first-order chi connectivity index (χ1) is 13.7. The summed E-state index contributed by atoms with van der Waals surface area (Å²) >= 11 is 0. The standard InChI is InChI=1S/C20H20N4O5/c1-12(25)21-15-6-4-5-13(11-15)17(26)23-24-18(27)20(2,22-19(24)28)14-7-9-16(29-3)10-8-14/h4-11H,1-3H3,(H,21,25)(H,22,28)(H,23,26)/t20-/m0/s1. The molecular weight excluding hydrogens is 376 g/mol. The van der Waals surface area contributed by atoms with Crippen LogP contribution in [0.1, 0.15) is 29.8 Å². The van der Waals surface area contributed by atoms with E-state index in [9.17, 15) is 19.2 Å². The van der Waals surface area contributed by atoms with Crippen LogP contribution in [0, 0.1) is 0 Å². The zero-order valence-electron chi connectivity index (χ0n) is 16.1. The largest absolute Gasteiger partial charge is 0.497 e. The van der Waals surface area contributed by atoms with E-state index in [4.69, 9.17) is 4.74 Å². The maximum Gasteiger partial charge on any atom is 0.344 e. The predicted molar refractivity (Wildman–Crippen MR) is 104 cm³/mol. The van der Waals surface area contributed by atoms with Gasteiger partial charge in [-0.2, -0.15) is 5.01 Å². The second-order valence-corrected chi connectivity index (χ2v) is 6.63. The number of imide groups is 1. The fraction of sp³-hybridized carbons (Fsp3) is 0.200. The summed E-state index contributed by atoms with van der Waals surface area (Å²) in [5.41, 5.74) is 2.12. The number of carbonyl (C=O) groups is 4. The van der Waals surface area contributed by atoms with E-state index < -0.39 is 23.4 Å². The van der Waals surface area contributed by atoms with Crippen molar-refractivity contribution in [3.8, 4) is 5.75 Å². The summed E-state index contributed by atoms with van der Waals surface area (Å²) in [5.74, 6) is -0.969. The molecule has 0 aromatic heterocycles. The number of carbonyl (C=O) groups excluding carboxylic acids is 4. The zero-order valence-corrected chi connectivity index (χ0v) is 16.1. The molecule has 1 saturated heterocycles. The first-order valence-electron chi connectivity index (χ1n) is 8.74. The van der Waals surface area contributed by atoms with Gasteiger partial charge in [0.15, 0.2) is 0 Å². The first-order valence-corrected chi connectivity index (χ1v) is 8.74. The molecule has 0 spiro atoms. The van der Waals surface area contributed by atoms with Crippen molar-refractivity contribution in [3.63, 3.8) is 0 Å². The molecule has 2 aromatic carbocycles. The second kappa shape index (κ2) is 7.63. The third kappa shape index (κ3) is 3.88. The number of urea groups is 1. The van der Waals surface area contributed by atoms with Crippen molar-refractivity contribution >= 4 is 29.4 Å². The summed E-state index contributed by atoms with van der Waals surface area (Å²) in [5, 5.41) is 5.82. The minimum Gasteiger partial charge on any atom is -0.497 e. The molecule has 29 heavy (non-hydrogen) atoms. The van der Waals surface area contributed by atoms with Crippen molar-refractivity contribution in [3.05, 3.63) is 59.7 Å². The van der Waals surface area contributed by atoms with Gasteiger partial charge in [0, 0.05) is 18.2 Å². The molecule has 1 atom stereocenters. The van der Waals surface area contributed by atoms with Gasteiger partial charge in [0.05, 0.1) is 7.11 Å². The van der Waals surface area contributed by atoms with Crippen molar-refractivity contribution in [2.24, 2.45) is 0 Å². The molecule has 9 heteroatoms. The van der Waals surface area contributed by atoms with Crippen molar-refractivity contribution < 1.29 is 23.9 Å². The molecule has 3 N–H and O–H groups in total. The maximum absolute atomic E-state index is 12.9. The number of nitrogens with zero attached hydrogens (tertiary/aromatic N) is 1. The number of hydrazine groups is 1. The van der Waals surface area contributed by atoms with Crippen LogP contribution in [-0.2, 0) is 15.1 Å². The van der Waals surface area contributed by atoms with Crippen LogP contribution in [0.25, 0.3) is 0 Å². The Morgan fingerprint density at radius 2 is 1.79 bits per heavy atom. The van der Waals surface area contributed by atoms with Gasteiger partial charge < -0.3 is 15.4 Å². The molecule has 0 aliphatic carbocycles. The molecule has 150 valence electrons. The number of nitrogens with one attached hydrogen (secondary N) is 3. The Labute approximate surface area is 167 Å². The van der Waals surface area contributed by atoms with Gasteiger partial charge in [-0.25, -0.2) is 4.79 Å². The monoisotopic (exact) mass is 396 g/mol. The van der Waals surface area contributed by atoms with E-state index in [-0.39, 0.29) is 11.5 Å². The molecular formula is C20H20N4O5. The number of hydrogen-bond donors (Lipinski definition) is 3. The van der Waals surface area contributed by atoms with Gasteiger partial charge in [0.25, 0.3) is 11.8 Å². The molecule has 3 rings (SSSR count). The van der Waals surface area contributed by atoms with Crippen molar-refractivity contribution in [1.29, 1.82) is 0 Å². The highest BCUT2D eigenvalue weighted by atomic mass is 16.5. The van der Waals surface area contributed by atoms with Crippen LogP contribution in [-0.4, -0.2) is 35.9 Å². The summed E-state index contributed by atoms with van der Waals surface area (Å²) in [6.45, 7) is 2.90. The van der Waals surface area contributed by atoms with Gasteiger partial charge in [-0.3, -0.25) is 19.8 Å². The van der Waals surface area contributed by atoms with Gasteiger partial charge in [0.1, 0.15) is 11.3 Å². The van der Waals surface area contributed by atoms with Crippen LogP contribution in [0.5, 0.6) is 5.75 Å². The Balaban J connectivity index is 1.79. The Morgan fingerprint density at radius 3 is 2.41 bits per heavy atom. The molecule has 2 aromatic rings. The van der Waals surface area contributed by atoms with E-state index >= 15 is 0 Å². The number of anilines is 1. The fourth-order valence-corrected chi connectivity index (χ4v) is 2.97. The molecule has 5 amide bonds. The Hall–Kier alpha value is -3.88. The number of hydrogen-bond acceptors (Lipinski definition) is 5. The van der Waals surface area contributed by atoms with Crippen molar-refractivity contribution in [2.45, 2.75) is 19.4 Å². The normalized spacial score (nSPS) is 18.2. The van der Waals surface area contributed by atoms with Crippen LogP contribution in [0.15, 0.2) is 48.5 Å². The molecule has 1 fully saturated rings. The average molecular weight is 396 g/mol. The third-order valence-electron chi connectivity index (χ3n) is 4.52. The molecule has 0 saturated carbocycles. The predicted octanol–water partition coefficient (Wildman–Crippen LogP) is 1.77. The Bertz CT molecular complexity index is 989. The maximum atomic E-state index is 12.9. The van der Waals surface area contributed by atoms with Gasteiger partial charge in [-0.15, -0.1) is 0 Å². The van der Waals surface area contributed by atoms with E-state index in [2.05, 4.69) is 16.1 Å². The lowest BCUT2D eigenvalue weighted by Gasteiger charge is -2.22. The van der Waals surface area contributed by atoms with Gasteiger partial charge in [0.2, 0.25) is 5.91 Å². The highest BCUT2D eigenvalue weighted by molar-refractivity contribution is 6.09. The first kappa shape index (κ1) is 19.9. The Morgan fingerprint density at radius 1 is 1.10 bits per heavy atom. The van der Waals surface area contributed by atoms with Crippen molar-refractivity contribution in [2.75, 3.05) is 12.4 Å². The van der Waals surface area contributed by atoms with Crippen LogP contribution in [0.4, 0.5) is 10.5 Å². The summed E-state index contributed by atoms with van der Waals surface area (Å²) in [4.78, 5) is 49.0. The fourth-order valence-electron chi connectivity index (χ4n) is 2.97. The van der Waals surface area contributed by atoms with E-state index in [1.54, 1.807) is 43.3 Å². The number of rotatable bonds is 5. The summed E-state index contributed by atoms with van der Waals surface area (Å²) in [7, 11) is 1.53. The van der Waals surface area contributed by atoms with E-state index in [1.165, 1.54) is 26.2 Å². The lowest BCUT2D eigenvalue weighted by Crippen LogP contribution is -2.47. The van der Waals surface area contributed by atoms with Gasteiger partial charge in [-0.1, -0.05) is 18.2 Å². The van der Waals surface area contributed by atoms with E-state index in [0.717, 1.165) is 0 Å². The highest BCUT2D eigenvalue weighted by Crippen LogP contribution is 2.29. The second-order valence-electron chi connectivity index (χ2n) is 6.63. The molecule has 0 unspecified atom stereocenters. The van der Waals surface area contributed by atoms with Crippen LogP contribution in [0.2, 0.25) is 0 Å². The molecule has 1 aliphatic heterocycles. The minimum atomic E-state index is -1.34. The van der Waals surface area contributed by atoms with Crippen LogP contribution >= 0.6 is 0 Å². The SMILES string of the molecule is COc1ccc([C@]2(C)NC(=O)N(NC(=O)c3cccc(NC(C)=O)c3)C2=O)cc1. The number of benzene rings is 2. The quantitative estimate of drug-likeness (QED) is 0.666. The lowest BCUT2D eigenvalue weighted by molar-refractivity contribution is -0.132. The van der Waals surface area contributed by atoms with Crippen molar-refractivity contribution in [1.82, 2.24) is 15.8 Å². The molecule has 1 heterocycles. The molecule has 1 aliphatic rings. The number of amides is 5. The smallest absolute Gasteiger partial charge is 0.344 e. The number of ether oxygens (including phenoxy) is 1. The lowest BCUT2D eigenvalue weighted by atomic mass is 9.92. The van der Waals surface area contributed by atoms with Crippen LogP contribution in [0.3, 0.4) is 0 Å². The van der Waals surface area contributed by atoms with Gasteiger partial charge >= 0.3 is 6.03 Å². The minimum absolute atomic E-state index is 0.176. The zero-order chi connectivity index (χ0) is 21.2. The third-order valence-corrected chi connectivity index (χ3v) is 4.52. The summed E-state index contributed by atoms with van der Waals surface area (Å²) < 4.78 is 5.10. The molecule has 0 bridgehead atoms.